The third-order valence-corrected chi connectivity index (χ3v) is 38.2. The molecule has 0 amide bonds. The Hall–Kier alpha value is -3.22. The molecule has 26 rings (SSSR count). The Morgan fingerprint density at radius 1 is 0.371 bits per heavy atom. The van der Waals surface area contributed by atoms with E-state index in [4.69, 9.17) is 28.4 Å². The lowest BCUT2D eigenvalue weighted by atomic mass is 9.59. The molecule has 19 aliphatic carbocycles. The average molecular weight is 1340 g/mol. The van der Waals surface area contributed by atoms with Gasteiger partial charge in [-0.25, -0.2) is 0 Å². The fraction of sp³-hybridized carbons (Fsp3) is 0.929. The zero-order chi connectivity index (χ0) is 67.0. The fourth-order valence-electron chi connectivity index (χ4n) is 34.3. The smallest absolute Gasteiger partial charge is 0.313 e. The first-order valence-electron chi connectivity index (χ1n) is 41.3. The van der Waals surface area contributed by atoms with Crippen molar-refractivity contribution in [1.29, 1.82) is 0 Å². The summed E-state index contributed by atoms with van der Waals surface area (Å²) in [6, 6.07) is 0. The van der Waals surface area contributed by atoms with Crippen LogP contribution in [0.5, 0.6) is 0 Å². The molecule has 26 fully saturated rings. The van der Waals surface area contributed by atoms with Crippen molar-refractivity contribution < 1.29 is 62.3 Å². The Bertz CT molecular complexity index is 3220. The van der Waals surface area contributed by atoms with Crippen molar-refractivity contribution in [2.75, 3.05) is 33.0 Å². The van der Waals surface area contributed by atoms with E-state index in [-0.39, 0.29) is 70.2 Å². The van der Waals surface area contributed by atoms with Crippen LogP contribution in [0.2, 0.25) is 0 Å². The van der Waals surface area contributed by atoms with Gasteiger partial charge >= 0.3 is 35.8 Å². The number of cyclic esters (lactones) is 4. The second-order valence-electron chi connectivity index (χ2n) is 40.2. The lowest BCUT2D eigenvalue weighted by Gasteiger charge is -2.44. The molecule has 0 aromatic heterocycles. The molecule has 7 aliphatic heterocycles. The molecule has 1 N–H and O–H groups in total. The van der Waals surface area contributed by atoms with E-state index in [1.54, 1.807) is 0 Å². The molecule has 13 nitrogen and oxygen atoms in total. The number of esters is 6. The monoisotopic (exact) mass is 1340 g/mol. The molecule has 19 saturated carbocycles. The zero-order valence-corrected chi connectivity index (χ0v) is 60.7. The van der Waals surface area contributed by atoms with Crippen molar-refractivity contribution in [3.8, 4) is 0 Å². The summed E-state index contributed by atoms with van der Waals surface area (Å²) in [7, 11) is 0. The maximum absolute atomic E-state index is 12.0. The third-order valence-electron chi connectivity index (χ3n) is 38.2. The number of hydrogen-bond acceptors (Lipinski definition) is 13. The highest BCUT2D eigenvalue weighted by molar-refractivity contribution is 5.82. The predicted octanol–water partition coefficient (Wildman–Crippen LogP) is 13.7. The lowest BCUT2D eigenvalue weighted by molar-refractivity contribution is -0.158. The van der Waals surface area contributed by atoms with Crippen molar-refractivity contribution in [2.45, 2.75) is 197 Å². The number of carbonyl (C=O) groups is 6. The molecule has 534 valence electrons. The summed E-state index contributed by atoms with van der Waals surface area (Å²) in [5, 5.41) is 9.70. The molecule has 42 atom stereocenters. The molecule has 22 bridgehead atoms. The molecular weight excluding hydrogens is 1220 g/mol. The van der Waals surface area contributed by atoms with Crippen LogP contribution in [-0.4, -0.2) is 85.7 Å². The second kappa shape index (κ2) is 22.4. The minimum atomic E-state index is -0.234. The fourth-order valence-corrected chi connectivity index (χ4v) is 34.3. The van der Waals surface area contributed by atoms with Gasteiger partial charge in [0.15, 0.2) is 0 Å². The van der Waals surface area contributed by atoms with Gasteiger partial charge in [0, 0.05) is 35.7 Å². The van der Waals surface area contributed by atoms with Crippen molar-refractivity contribution in [1.82, 2.24) is 0 Å². The standard InChI is InChI=1S/C16H22O3.C16H22O2.2C15H20O2.C10H14O2.C10H16O2.C2H6/c1-6-7-2-8(11(6)4-17)14-9-3-10(13(7)14)15-12(9)5-19-16(15)18;1-6-7(2)9-3-8(6)13-10-4-11(14(9)13)15-12(10)5-18-16(15)17;1-6-2-7-3-8(6)13-9-4-10(12(7)13)14-11(9)5-17-15(14)16;1-6-2-7-3-8(6)13-10-4-9(12(7)13)11-5-17-15(16)14(10)11;11-10-8-2-6-1-7(3-8)5-9(4-6)12-10;1-8(2)9(3)5-6-10(8,4)12-7(9)11;1-2/h6-15,17H,2-5H2,1H3;6-15H,3-5H2,1-2H3;2*6-14H,2-5H2,1H3;6-9H,1-5H2;5-6H2,1-4H3;1-2H3. The first kappa shape index (κ1) is 64.6. The highest BCUT2D eigenvalue weighted by Gasteiger charge is 2.76. The first-order valence-corrected chi connectivity index (χ1v) is 41.3. The summed E-state index contributed by atoms with van der Waals surface area (Å²) in [6.07, 6.45) is 22.2. The van der Waals surface area contributed by atoms with Crippen LogP contribution in [0.1, 0.15) is 185 Å². The molecule has 26 aliphatic rings. The SMILES string of the molecule is CC.CC12CCC(C)(C(=O)O1)C2(C)C.CC1C(C)C2CC1C1C3CC(C4C(=O)OCC34)C21.CC1C(CO)C2CC1C1C3CC(C4COC(=O)C43)C21.CC1CC2CC1C1C3CC(C4C(=O)OCC34)C21.CC1CC2CC1C1C3CC(C4COC(=O)C43)C21.O=C1OC2CC3CC(C2)CC1C3. The largest absolute Gasteiger partial charge is 0.465 e. The Balaban J connectivity index is 0.0000000820. The second-order valence-corrected chi connectivity index (χ2v) is 40.2. The van der Waals surface area contributed by atoms with Gasteiger partial charge in [0.25, 0.3) is 0 Å². The molecule has 0 radical (unpaired) electrons. The number of fused-ring (bicyclic) bond motifs is 51. The summed E-state index contributed by atoms with van der Waals surface area (Å²) < 4.78 is 32.2. The van der Waals surface area contributed by atoms with Crippen LogP contribution in [0.15, 0.2) is 0 Å². The van der Waals surface area contributed by atoms with Gasteiger partial charge in [0.2, 0.25) is 0 Å². The van der Waals surface area contributed by atoms with E-state index in [0.717, 1.165) is 212 Å². The molecule has 7 saturated heterocycles. The topological polar surface area (TPSA) is 178 Å². The van der Waals surface area contributed by atoms with Crippen LogP contribution in [0.4, 0.5) is 0 Å². The zero-order valence-electron chi connectivity index (χ0n) is 60.7. The third kappa shape index (κ3) is 8.57. The number of rotatable bonds is 1. The number of hydrogen-bond donors (Lipinski definition) is 1. The van der Waals surface area contributed by atoms with Crippen LogP contribution in [0, 0.1) is 253 Å². The number of carbonyl (C=O) groups excluding carboxylic acids is 6. The van der Waals surface area contributed by atoms with E-state index in [9.17, 15) is 33.9 Å². The van der Waals surface area contributed by atoms with Crippen LogP contribution in [-0.2, 0) is 57.2 Å². The molecule has 0 spiro atoms. The highest BCUT2D eigenvalue weighted by Crippen LogP contribution is 2.77. The summed E-state index contributed by atoms with van der Waals surface area (Å²) in [4.78, 5) is 70.7. The van der Waals surface area contributed by atoms with Crippen LogP contribution in [0.25, 0.3) is 0 Å². The Kier molecular flexibility index (Phi) is 14.9. The number of ether oxygens (including phenoxy) is 6. The van der Waals surface area contributed by atoms with Gasteiger partial charge in [-0.05, 0) is 312 Å². The lowest BCUT2D eigenvalue weighted by Crippen LogP contribution is -2.44. The average Bonchev–Trinajstić information content (AvgIpc) is 1.55. The van der Waals surface area contributed by atoms with Crippen LogP contribution < -0.4 is 0 Å². The number of aliphatic hydroxyl groups excluding tert-OH is 1. The minimum absolute atomic E-state index is 0.00116. The van der Waals surface area contributed by atoms with Crippen molar-refractivity contribution in [3.63, 3.8) is 0 Å². The van der Waals surface area contributed by atoms with Gasteiger partial charge in [-0.2, -0.15) is 0 Å². The molecule has 0 aromatic carbocycles. The Morgan fingerprint density at radius 3 is 1.15 bits per heavy atom. The molecule has 13 heteroatoms. The quantitative estimate of drug-likeness (QED) is 0.149. The van der Waals surface area contributed by atoms with E-state index < -0.39 is 0 Å². The van der Waals surface area contributed by atoms with Gasteiger partial charge in [-0.1, -0.05) is 62.3 Å². The minimum Gasteiger partial charge on any atom is -0.465 e. The van der Waals surface area contributed by atoms with Gasteiger partial charge in [-0.15, -0.1) is 0 Å². The normalized spacial score (nSPS) is 60.7. The predicted molar refractivity (Wildman–Crippen MR) is 358 cm³/mol. The Morgan fingerprint density at radius 2 is 0.742 bits per heavy atom. The molecule has 42 unspecified atom stereocenters. The van der Waals surface area contributed by atoms with Gasteiger partial charge < -0.3 is 33.5 Å². The maximum Gasteiger partial charge on any atom is 0.313 e. The van der Waals surface area contributed by atoms with Crippen molar-refractivity contribution in [3.05, 3.63) is 0 Å². The highest BCUT2D eigenvalue weighted by atomic mass is 16.6. The van der Waals surface area contributed by atoms with Gasteiger partial charge in [0.1, 0.15) is 11.7 Å². The molecular formula is C84H120O13. The summed E-state index contributed by atoms with van der Waals surface area (Å²) in [6.45, 7) is 27.9. The van der Waals surface area contributed by atoms with E-state index in [1.807, 2.05) is 20.8 Å². The number of aliphatic hydroxyl groups is 1. The summed E-state index contributed by atoms with van der Waals surface area (Å²) >= 11 is 0. The maximum atomic E-state index is 12.0. The molecule has 0 aromatic rings. The van der Waals surface area contributed by atoms with Crippen LogP contribution in [0.3, 0.4) is 0 Å². The van der Waals surface area contributed by atoms with Gasteiger partial charge in [0.05, 0.1) is 61.4 Å². The first-order chi connectivity index (χ1) is 46.6. The molecule has 97 heavy (non-hydrogen) atoms. The van der Waals surface area contributed by atoms with Gasteiger partial charge in [-0.3, -0.25) is 28.8 Å². The van der Waals surface area contributed by atoms with E-state index in [2.05, 4.69) is 55.4 Å². The van der Waals surface area contributed by atoms with E-state index in [0.29, 0.717) is 90.1 Å². The molecule has 7 heterocycles. The van der Waals surface area contributed by atoms with Crippen LogP contribution >= 0.6 is 0 Å². The van der Waals surface area contributed by atoms with Crippen molar-refractivity contribution in [2.24, 2.45) is 253 Å². The Labute approximate surface area is 578 Å². The van der Waals surface area contributed by atoms with E-state index >= 15 is 0 Å². The summed E-state index contributed by atoms with van der Waals surface area (Å²) in [5.41, 5.74) is -0.447. The van der Waals surface area contributed by atoms with E-state index in [1.165, 1.54) is 70.6 Å². The van der Waals surface area contributed by atoms with Crippen molar-refractivity contribution >= 4 is 35.8 Å². The summed E-state index contributed by atoms with van der Waals surface area (Å²) in [5.74, 6) is 31.5.